The Balaban J connectivity index is 0.00000480. The second kappa shape index (κ2) is 14.7. The Kier molecular flexibility index (Phi) is 12.8. The lowest BCUT2D eigenvalue weighted by molar-refractivity contribution is 0.133. The minimum absolute atomic E-state index is 0. The van der Waals surface area contributed by atoms with Crippen LogP contribution in [0, 0.1) is 0 Å². The fourth-order valence-corrected chi connectivity index (χ4v) is 3.00. The molecule has 2 aromatic rings. The van der Waals surface area contributed by atoms with Crippen molar-refractivity contribution in [1.29, 1.82) is 0 Å². The lowest BCUT2D eigenvalue weighted by Gasteiger charge is -2.15. The average Bonchev–Trinajstić information content (AvgIpc) is 2.79. The van der Waals surface area contributed by atoms with Gasteiger partial charge in [0.25, 0.3) is 0 Å². The van der Waals surface area contributed by atoms with Crippen molar-refractivity contribution in [3.63, 3.8) is 0 Å². The predicted octanol–water partition coefficient (Wildman–Crippen LogP) is 4.12. The molecule has 0 aliphatic rings. The van der Waals surface area contributed by atoms with Gasteiger partial charge in [-0.05, 0) is 42.7 Å². The molecule has 0 aromatic heterocycles. The van der Waals surface area contributed by atoms with Crippen LogP contribution in [0.3, 0.4) is 0 Å². The molecule has 0 atom stereocenters. The maximum atomic E-state index is 5.57. The molecule has 7 nitrogen and oxygen atoms in total. The van der Waals surface area contributed by atoms with Gasteiger partial charge in [0.05, 0.1) is 34.5 Å². The summed E-state index contributed by atoms with van der Waals surface area (Å²) >= 11 is 0. The zero-order chi connectivity index (χ0) is 21.8. The summed E-state index contributed by atoms with van der Waals surface area (Å²) in [4.78, 5) is 4.71. The van der Waals surface area contributed by atoms with E-state index in [0.29, 0.717) is 43.6 Å². The number of rotatable bonds is 11. The Morgan fingerprint density at radius 1 is 0.903 bits per heavy atom. The van der Waals surface area contributed by atoms with Gasteiger partial charge in [-0.2, -0.15) is 0 Å². The van der Waals surface area contributed by atoms with Crippen molar-refractivity contribution >= 4 is 29.9 Å². The predicted molar refractivity (Wildman–Crippen MR) is 135 cm³/mol. The van der Waals surface area contributed by atoms with Crippen LogP contribution in [-0.4, -0.2) is 40.4 Å². The number of ether oxygens (including phenoxy) is 4. The molecule has 0 saturated heterocycles. The smallest absolute Gasteiger partial charge is 0.203 e. The summed E-state index contributed by atoms with van der Waals surface area (Å²) in [5.41, 5.74) is 3.31. The third-order valence-corrected chi connectivity index (χ3v) is 4.51. The lowest BCUT2D eigenvalue weighted by atomic mass is 10.1. The number of nitrogens with zero attached hydrogens (tertiary/aromatic N) is 1. The van der Waals surface area contributed by atoms with Crippen molar-refractivity contribution in [3.8, 4) is 17.2 Å². The summed E-state index contributed by atoms with van der Waals surface area (Å²) in [7, 11) is 4.81. The molecule has 0 saturated carbocycles. The van der Waals surface area contributed by atoms with Gasteiger partial charge in [-0.25, -0.2) is 4.99 Å². The Morgan fingerprint density at radius 3 is 2.10 bits per heavy atom. The molecule has 0 amide bonds. The van der Waals surface area contributed by atoms with E-state index in [0.717, 1.165) is 18.1 Å². The Hall–Kier alpha value is -2.20. The van der Waals surface area contributed by atoms with E-state index in [-0.39, 0.29) is 24.0 Å². The van der Waals surface area contributed by atoms with Crippen LogP contribution in [0.5, 0.6) is 17.2 Å². The number of guanidine groups is 1. The van der Waals surface area contributed by atoms with Gasteiger partial charge >= 0.3 is 0 Å². The van der Waals surface area contributed by atoms with E-state index in [1.54, 1.807) is 21.3 Å². The largest absolute Gasteiger partial charge is 0.493 e. The van der Waals surface area contributed by atoms with Gasteiger partial charge in [0.15, 0.2) is 17.5 Å². The van der Waals surface area contributed by atoms with Crippen molar-refractivity contribution < 1.29 is 18.9 Å². The minimum Gasteiger partial charge on any atom is -0.493 e. The Bertz CT molecular complexity index is 805. The van der Waals surface area contributed by atoms with Crippen LogP contribution in [0.1, 0.15) is 30.5 Å². The molecule has 31 heavy (non-hydrogen) atoms. The fraction of sp³-hybridized carbons (Fsp3) is 0.435. The van der Waals surface area contributed by atoms with Crippen LogP contribution in [0.4, 0.5) is 0 Å². The van der Waals surface area contributed by atoms with Crippen molar-refractivity contribution in [1.82, 2.24) is 10.6 Å². The van der Waals surface area contributed by atoms with Crippen LogP contribution >= 0.6 is 24.0 Å². The summed E-state index contributed by atoms with van der Waals surface area (Å²) in [5, 5.41) is 6.69. The number of aliphatic imine (C=N–C) groups is 1. The molecule has 0 aliphatic heterocycles. The maximum Gasteiger partial charge on any atom is 0.203 e. The average molecular weight is 543 g/mol. The highest BCUT2D eigenvalue weighted by Gasteiger charge is 2.13. The third-order valence-electron chi connectivity index (χ3n) is 4.51. The molecule has 2 aromatic carbocycles. The molecule has 0 bridgehead atoms. The quantitative estimate of drug-likeness (QED) is 0.253. The summed E-state index contributed by atoms with van der Waals surface area (Å²) in [5.74, 6) is 2.54. The van der Waals surface area contributed by atoms with Gasteiger partial charge in [-0.1, -0.05) is 24.3 Å². The summed E-state index contributed by atoms with van der Waals surface area (Å²) < 4.78 is 21.8. The molecular formula is C23H34IN3O4. The Labute approximate surface area is 202 Å². The second-order valence-electron chi connectivity index (χ2n) is 6.49. The first-order chi connectivity index (χ1) is 14.7. The van der Waals surface area contributed by atoms with Crippen LogP contribution in [0.2, 0.25) is 0 Å². The first-order valence-electron chi connectivity index (χ1n) is 10.1. The summed E-state index contributed by atoms with van der Waals surface area (Å²) in [6.45, 7) is 7.23. The number of hydrogen-bond donors (Lipinski definition) is 2. The molecule has 172 valence electrons. The van der Waals surface area contributed by atoms with Crippen LogP contribution in [0.25, 0.3) is 0 Å². The standard InChI is InChI=1S/C23H33N3O4.HI/c1-6-24-23(26-15-18-10-8-9-11-19(18)16-30-7-2)25-14-17-12-20(27-3)22(29-5)21(13-17)28-4;/h8-13H,6-7,14-16H2,1-5H3,(H2,24,25,26);1H. The van der Waals surface area contributed by atoms with Gasteiger partial charge in [-0.15, -0.1) is 24.0 Å². The van der Waals surface area contributed by atoms with Crippen molar-refractivity contribution in [2.75, 3.05) is 34.5 Å². The van der Waals surface area contributed by atoms with E-state index in [1.807, 2.05) is 38.1 Å². The molecule has 0 unspecified atom stereocenters. The van der Waals surface area contributed by atoms with Gasteiger partial charge in [0.1, 0.15) is 0 Å². The number of hydrogen-bond acceptors (Lipinski definition) is 5. The number of methoxy groups -OCH3 is 3. The van der Waals surface area contributed by atoms with E-state index in [9.17, 15) is 0 Å². The first-order valence-corrected chi connectivity index (χ1v) is 10.1. The molecule has 0 heterocycles. The van der Waals surface area contributed by atoms with Gasteiger partial charge in [-0.3, -0.25) is 0 Å². The van der Waals surface area contributed by atoms with Crippen LogP contribution in [0.15, 0.2) is 41.4 Å². The van der Waals surface area contributed by atoms with E-state index >= 15 is 0 Å². The molecule has 0 fully saturated rings. The van der Waals surface area contributed by atoms with Crippen LogP contribution in [-0.2, 0) is 24.4 Å². The van der Waals surface area contributed by atoms with Gasteiger partial charge in [0, 0.05) is 19.7 Å². The second-order valence-corrected chi connectivity index (χ2v) is 6.49. The molecule has 0 aliphatic carbocycles. The number of benzene rings is 2. The van der Waals surface area contributed by atoms with Crippen LogP contribution < -0.4 is 24.8 Å². The first kappa shape index (κ1) is 26.8. The van der Waals surface area contributed by atoms with E-state index in [2.05, 4.69) is 22.8 Å². The van der Waals surface area contributed by atoms with E-state index < -0.39 is 0 Å². The number of halogens is 1. The van der Waals surface area contributed by atoms with Crippen molar-refractivity contribution in [3.05, 3.63) is 53.1 Å². The molecule has 0 spiro atoms. The normalized spacial score (nSPS) is 10.8. The van der Waals surface area contributed by atoms with Crippen molar-refractivity contribution in [2.24, 2.45) is 4.99 Å². The third kappa shape index (κ3) is 8.10. The maximum absolute atomic E-state index is 5.57. The van der Waals surface area contributed by atoms with Gasteiger partial charge in [0.2, 0.25) is 5.75 Å². The molecular weight excluding hydrogens is 509 g/mol. The molecule has 0 radical (unpaired) electrons. The monoisotopic (exact) mass is 543 g/mol. The van der Waals surface area contributed by atoms with E-state index in [4.69, 9.17) is 23.9 Å². The highest BCUT2D eigenvalue weighted by atomic mass is 127. The Morgan fingerprint density at radius 2 is 1.55 bits per heavy atom. The highest BCUT2D eigenvalue weighted by molar-refractivity contribution is 14.0. The lowest BCUT2D eigenvalue weighted by Crippen LogP contribution is -2.37. The zero-order valence-electron chi connectivity index (χ0n) is 19.0. The summed E-state index contributed by atoms with van der Waals surface area (Å²) in [6.07, 6.45) is 0. The molecule has 2 rings (SSSR count). The number of nitrogens with one attached hydrogen (secondary N) is 2. The minimum atomic E-state index is 0. The molecule has 8 heteroatoms. The highest BCUT2D eigenvalue weighted by Crippen LogP contribution is 2.38. The van der Waals surface area contributed by atoms with Crippen molar-refractivity contribution in [2.45, 2.75) is 33.5 Å². The van der Waals surface area contributed by atoms with E-state index in [1.165, 1.54) is 11.1 Å². The topological polar surface area (TPSA) is 73.3 Å². The van der Waals surface area contributed by atoms with Gasteiger partial charge < -0.3 is 29.6 Å². The SMILES string of the molecule is CCNC(=NCc1cc(OC)c(OC)c(OC)c1)NCc1ccccc1COCC.I. The summed E-state index contributed by atoms with van der Waals surface area (Å²) in [6, 6.07) is 12.1. The zero-order valence-corrected chi connectivity index (χ0v) is 21.3. The fourth-order valence-electron chi connectivity index (χ4n) is 3.00. The molecule has 2 N–H and O–H groups in total.